The van der Waals surface area contributed by atoms with Gasteiger partial charge in [-0.25, -0.2) is 4.79 Å². The molecule has 0 radical (unpaired) electrons. The normalized spacial score (nSPS) is 14.7. The fraction of sp³-hybridized carbons (Fsp3) is 0.304. The minimum absolute atomic E-state index is 0.0761. The number of amides is 1. The predicted molar refractivity (Wildman–Crippen MR) is 108 cm³/mol. The van der Waals surface area contributed by atoms with Gasteiger partial charge in [0.25, 0.3) is 5.91 Å². The fourth-order valence-corrected chi connectivity index (χ4v) is 3.49. The molecule has 0 bridgehead atoms. The summed E-state index contributed by atoms with van der Waals surface area (Å²) in [5.74, 6) is -0.563. The van der Waals surface area contributed by atoms with Crippen molar-refractivity contribution < 1.29 is 14.3 Å². The SMILES string of the molecule is CCC1=CCC(C)(C)c2ccc(C(=O)Nc3ccc(C(=O)OC)cc3)cc21. The van der Waals surface area contributed by atoms with Crippen molar-refractivity contribution in [2.24, 2.45) is 0 Å². The van der Waals surface area contributed by atoms with Crippen molar-refractivity contribution in [2.45, 2.75) is 39.0 Å². The number of allylic oxidation sites excluding steroid dienone is 2. The third-order valence-electron chi connectivity index (χ3n) is 5.16. The van der Waals surface area contributed by atoms with Crippen LogP contribution in [0.5, 0.6) is 0 Å². The minimum Gasteiger partial charge on any atom is -0.465 e. The Balaban J connectivity index is 1.84. The molecule has 0 saturated carbocycles. The molecule has 4 nitrogen and oxygen atoms in total. The Kier molecular flexibility index (Phi) is 5.17. The Labute approximate surface area is 160 Å². The number of carbonyl (C=O) groups is 2. The van der Waals surface area contributed by atoms with Crippen molar-refractivity contribution in [3.05, 3.63) is 70.8 Å². The molecule has 0 saturated heterocycles. The maximum absolute atomic E-state index is 12.7. The molecule has 1 amide bonds. The second kappa shape index (κ2) is 7.39. The van der Waals surface area contributed by atoms with E-state index >= 15 is 0 Å². The van der Waals surface area contributed by atoms with Crippen LogP contribution in [0.1, 0.15) is 65.5 Å². The van der Waals surface area contributed by atoms with Gasteiger partial charge in [0.15, 0.2) is 0 Å². The van der Waals surface area contributed by atoms with Crippen LogP contribution < -0.4 is 5.32 Å². The van der Waals surface area contributed by atoms with Crippen LogP contribution in [0, 0.1) is 0 Å². The lowest BCUT2D eigenvalue weighted by Gasteiger charge is -2.32. The first-order valence-electron chi connectivity index (χ1n) is 9.19. The molecule has 2 aromatic rings. The number of benzene rings is 2. The summed E-state index contributed by atoms with van der Waals surface area (Å²) in [4.78, 5) is 24.2. The van der Waals surface area contributed by atoms with E-state index in [-0.39, 0.29) is 11.3 Å². The Morgan fingerprint density at radius 2 is 1.74 bits per heavy atom. The number of rotatable bonds is 4. The van der Waals surface area contributed by atoms with E-state index in [4.69, 9.17) is 0 Å². The summed E-state index contributed by atoms with van der Waals surface area (Å²) >= 11 is 0. The first-order valence-corrected chi connectivity index (χ1v) is 9.19. The molecule has 0 aromatic heterocycles. The third-order valence-corrected chi connectivity index (χ3v) is 5.16. The van der Waals surface area contributed by atoms with Crippen LogP contribution in [0.25, 0.3) is 5.57 Å². The number of ether oxygens (including phenoxy) is 1. The molecule has 3 rings (SSSR count). The van der Waals surface area contributed by atoms with Crippen LogP contribution >= 0.6 is 0 Å². The van der Waals surface area contributed by atoms with Crippen molar-refractivity contribution in [1.29, 1.82) is 0 Å². The lowest BCUT2D eigenvalue weighted by Crippen LogP contribution is -2.22. The second-order valence-electron chi connectivity index (χ2n) is 7.45. The van der Waals surface area contributed by atoms with Gasteiger partial charge in [0.05, 0.1) is 12.7 Å². The lowest BCUT2D eigenvalue weighted by molar-refractivity contribution is 0.0600. The van der Waals surface area contributed by atoms with Crippen molar-refractivity contribution >= 4 is 23.1 Å². The van der Waals surface area contributed by atoms with Crippen molar-refractivity contribution in [2.75, 3.05) is 12.4 Å². The molecule has 1 N–H and O–H groups in total. The quantitative estimate of drug-likeness (QED) is 0.760. The van der Waals surface area contributed by atoms with E-state index in [2.05, 4.69) is 43.0 Å². The highest BCUT2D eigenvalue weighted by atomic mass is 16.5. The van der Waals surface area contributed by atoms with E-state index in [9.17, 15) is 9.59 Å². The van der Waals surface area contributed by atoms with Gasteiger partial charge in [-0.2, -0.15) is 0 Å². The van der Waals surface area contributed by atoms with Gasteiger partial charge >= 0.3 is 5.97 Å². The van der Waals surface area contributed by atoms with Gasteiger partial charge in [-0.15, -0.1) is 0 Å². The van der Waals surface area contributed by atoms with E-state index in [0.717, 1.165) is 12.8 Å². The maximum atomic E-state index is 12.7. The van der Waals surface area contributed by atoms with Crippen LogP contribution in [0.3, 0.4) is 0 Å². The number of esters is 1. The molecule has 0 spiro atoms. The maximum Gasteiger partial charge on any atom is 0.337 e. The largest absolute Gasteiger partial charge is 0.465 e. The topological polar surface area (TPSA) is 55.4 Å². The lowest BCUT2D eigenvalue weighted by atomic mass is 9.72. The summed E-state index contributed by atoms with van der Waals surface area (Å²) in [6, 6.07) is 12.6. The summed E-state index contributed by atoms with van der Waals surface area (Å²) in [5.41, 5.74) is 5.54. The van der Waals surface area contributed by atoms with Crippen molar-refractivity contribution in [3.8, 4) is 0 Å². The molecular weight excluding hydrogens is 338 g/mol. The zero-order valence-corrected chi connectivity index (χ0v) is 16.3. The zero-order valence-electron chi connectivity index (χ0n) is 16.3. The number of hydrogen-bond acceptors (Lipinski definition) is 3. The highest BCUT2D eigenvalue weighted by Gasteiger charge is 2.28. The number of hydrogen-bond donors (Lipinski definition) is 1. The molecule has 140 valence electrons. The predicted octanol–water partition coefficient (Wildman–Crippen LogP) is 5.20. The number of anilines is 1. The first-order chi connectivity index (χ1) is 12.9. The van der Waals surface area contributed by atoms with Crippen LogP contribution in [0.4, 0.5) is 5.69 Å². The molecule has 27 heavy (non-hydrogen) atoms. The molecule has 0 fully saturated rings. The van der Waals surface area contributed by atoms with Gasteiger partial charge in [-0.05, 0) is 71.4 Å². The molecule has 1 aliphatic carbocycles. The van der Waals surface area contributed by atoms with Crippen molar-refractivity contribution in [3.63, 3.8) is 0 Å². The highest BCUT2D eigenvalue weighted by Crippen LogP contribution is 2.40. The van der Waals surface area contributed by atoms with Crippen LogP contribution in [-0.4, -0.2) is 19.0 Å². The average molecular weight is 363 g/mol. The van der Waals surface area contributed by atoms with Crippen LogP contribution in [0.2, 0.25) is 0 Å². The Bertz CT molecular complexity index is 908. The van der Waals surface area contributed by atoms with Gasteiger partial charge < -0.3 is 10.1 Å². The van der Waals surface area contributed by atoms with E-state index in [0.29, 0.717) is 16.8 Å². The zero-order chi connectivity index (χ0) is 19.6. The Hall–Kier alpha value is -2.88. The smallest absolute Gasteiger partial charge is 0.337 e. The van der Waals surface area contributed by atoms with Gasteiger partial charge in [-0.3, -0.25) is 4.79 Å². The van der Waals surface area contributed by atoms with E-state index < -0.39 is 5.97 Å². The Morgan fingerprint density at radius 1 is 1.07 bits per heavy atom. The molecule has 0 unspecified atom stereocenters. The van der Waals surface area contributed by atoms with Crippen molar-refractivity contribution in [1.82, 2.24) is 0 Å². The summed E-state index contributed by atoms with van der Waals surface area (Å²) in [7, 11) is 1.34. The van der Waals surface area contributed by atoms with Gasteiger partial charge in [0.2, 0.25) is 0 Å². The van der Waals surface area contributed by atoms with E-state index in [1.807, 2.05) is 12.1 Å². The van der Waals surface area contributed by atoms with Gasteiger partial charge in [0.1, 0.15) is 0 Å². The standard InChI is InChI=1S/C23H25NO3/c1-5-15-12-13-23(2,3)20-11-8-17(14-19(15)20)21(25)24-18-9-6-16(7-10-18)22(26)27-4/h6-12,14H,5,13H2,1-4H3,(H,24,25). The van der Waals surface area contributed by atoms with Crippen LogP contribution in [0.15, 0.2) is 48.5 Å². The number of nitrogens with one attached hydrogen (secondary N) is 1. The molecule has 0 atom stereocenters. The summed E-state index contributed by atoms with van der Waals surface area (Å²) in [6.45, 7) is 6.61. The van der Waals surface area contributed by atoms with Crippen LogP contribution in [-0.2, 0) is 10.2 Å². The monoisotopic (exact) mass is 363 g/mol. The molecular formula is C23H25NO3. The molecule has 4 heteroatoms. The summed E-state index contributed by atoms with van der Waals surface area (Å²) < 4.78 is 4.69. The number of carbonyl (C=O) groups excluding carboxylic acids is 2. The molecule has 0 heterocycles. The molecule has 0 aliphatic heterocycles. The second-order valence-corrected chi connectivity index (χ2v) is 7.45. The van der Waals surface area contributed by atoms with Gasteiger partial charge in [0, 0.05) is 11.3 Å². The number of methoxy groups -OCH3 is 1. The average Bonchev–Trinajstić information content (AvgIpc) is 2.67. The molecule has 1 aliphatic rings. The highest BCUT2D eigenvalue weighted by molar-refractivity contribution is 6.05. The first kappa shape index (κ1) is 18.9. The Morgan fingerprint density at radius 3 is 2.37 bits per heavy atom. The van der Waals surface area contributed by atoms with Gasteiger partial charge in [-0.1, -0.05) is 32.9 Å². The third kappa shape index (κ3) is 3.80. The fourth-order valence-electron chi connectivity index (χ4n) is 3.49. The van der Waals surface area contributed by atoms with E-state index in [1.165, 1.54) is 23.8 Å². The summed E-state index contributed by atoms with van der Waals surface area (Å²) in [5, 5.41) is 2.89. The van der Waals surface area contributed by atoms with E-state index in [1.54, 1.807) is 24.3 Å². The minimum atomic E-state index is -0.399. The molecule has 2 aromatic carbocycles. The number of fused-ring (bicyclic) bond motifs is 1. The summed E-state index contributed by atoms with van der Waals surface area (Å²) in [6.07, 6.45) is 4.25.